The molecule has 3 nitrogen and oxygen atoms in total. The molecule has 2 aromatic rings. The molecule has 0 aromatic heterocycles. The van der Waals surface area contributed by atoms with Gasteiger partial charge in [0.1, 0.15) is 0 Å². The zero-order valence-electron chi connectivity index (χ0n) is 11.2. The van der Waals surface area contributed by atoms with Crippen LogP contribution in [0.1, 0.15) is 22.0 Å². The third-order valence-corrected chi connectivity index (χ3v) is 3.56. The van der Waals surface area contributed by atoms with Gasteiger partial charge in [0.15, 0.2) is 5.78 Å². The van der Waals surface area contributed by atoms with Crippen LogP contribution >= 0.6 is 23.2 Å². The lowest BCUT2D eigenvalue weighted by atomic mass is 9.97. The number of benzene rings is 2. The van der Waals surface area contributed by atoms with Gasteiger partial charge in [0.2, 0.25) is 0 Å². The molecular formula is C16H15Cl2NO2. The van der Waals surface area contributed by atoms with Crippen molar-refractivity contribution in [3.8, 4) is 0 Å². The number of halogens is 2. The predicted octanol–water partition coefficient (Wildman–Crippen LogP) is 3.50. The van der Waals surface area contributed by atoms with Gasteiger partial charge < -0.3 is 10.4 Å². The normalized spacial score (nSPS) is 12.1. The molecule has 0 radical (unpaired) electrons. The number of carbonyl (C=O) groups excluding carboxylic acids is 1. The number of carbonyl (C=O) groups is 1. The lowest BCUT2D eigenvalue weighted by Crippen LogP contribution is -2.31. The number of rotatable bonds is 6. The smallest absolute Gasteiger partial charge is 0.184 e. The predicted molar refractivity (Wildman–Crippen MR) is 85.1 cm³/mol. The molecule has 0 amide bonds. The van der Waals surface area contributed by atoms with E-state index in [0.717, 1.165) is 5.56 Å². The molecule has 0 fully saturated rings. The summed E-state index contributed by atoms with van der Waals surface area (Å²) in [6.07, 6.45) is 0. The van der Waals surface area contributed by atoms with Gasteiger partial charge in [-0.15, -0.1) is 0 Å². The monoisotopic (exact) mass is 323 g/mol. The van der Waals surface area contributed by atoms with Crippen LogP contribution in [-0.2, 0) is 0 Å². The second-order valence-corrected chi connectivity index (χ2v) is 5.41. The van der Waals surface area contributed by atoms with Crippen molar-refractivity contribution in [1.82, 2.24) is 5.32 Å². The van der Waals surface area contributed by atoms with E-state index in [9.17, 15) is 4.79 Å². The second-order valence-electron chi connectivity index (χ2n) is 4.53. The molecule has 0 spiro atoms. The van der Waals surface area contributed by atoms with Gasteiger partial charge in [0.25, 0.3) is 0 Å². The quantitative estimate of drug-likeness (QED) is 0.800. The first-order valence-electron chi connectivity index (χ1n) is 6.51. The molecule has 0 aliphatic carbocycles. The molecule has 0 bridgehead atoms. The Morgan fingerprint density at radius 1 is 1.00 bits per heavy atom. The van der Waals surface area contributed by atoms with E-state index in [2.05, 4.69) is 5.32 Å². The van der Waals surface area contributed by atoms with Crippen molar-refractivity contribution in [1.29, 1.82) is 0 Å². The first-order chi connectivity index (χ1) is 10.1. The number of hydrogen-bond acceptors (Lipinski definition) is 3. The number of ketones is 1. The van der Waals surface area contributed by atoms with E-state index in [1.807, 2.05) is 0 Å². The van der Waals surface area contributed by atoms with E-state index in [1.165, 1.54) is 0 Å². The average molecular weight is 324 g/mol. The zero-order chi connectivity index (χ0) is 15.2. The minimum Gasteiger partial charge on any atom is -0.395 e. The summed E-state index contributed by atoms with van der Waals surface area (Å²) in [7, 11) is 0. The van der Waals surface area contributed by atoms with Gasteiger partial charge in [-0.25, -0.2) is 0 Å². The maximum atomic E-state index is 12.6. The van der Waals surface area contributed by atoms with Crippen LogP contribution in [0.25, 0.3) is 0 Å². The maximum absolute atomic E-state index is 12.6. The Labute approximate surface area is 133 Å². The topological polar surface area (TPSA) is 49.3 Å². The van der Waals surface area contributed by atoms with Crippen molar-refractivity contribution in [2.75, 3.05) is 13.2 Å². The van der Waals surface area contributed by atoms with E-state index in [1.54, 1.807) is 48.5 Å². The van der Waals surface area contributed by atoms with Crippen LogP contribution in [0.15, 0.2) is 48.5 Å². The number of nitrogens with one attached hydrogen (secondary N) is 1. The summed E-state index contributed by atoms with van der Waals surface area (Å²) < 4.78 is 0. The molecule has 2 N–H and O–H groups in total. The molecule has 0 saturated carbocycles. The third kappa shape index (κ3) is 4.29. The van der Waals surface area contributed by atoms with Crippen molar-refractivity contribution in [3.05, 3.63) is 69.7 Å². The second kappa shape index (κ2) is 7.57. The molecule has 21 heavy (non-hydrogen) atoms. The van der Waals surface area contributed by atoms with Crippen LogP contribution < -0.4 is 5.32 Å². The Morgan fingerprint density at radius 2 is 1.52 bits per heavy atom. The first kappa shape index (κ1) is 16.0. The highest BCUT2D eigenvalue weighted by molar-refractivity contribution is 6.31. The highest BCUT2D eigenvalue weighted by Crippen LogP contribution is 2.21. The summed E-state index contributed by atoms with van der Waals surface area (Å²) in [5, 5.41) is 13.2. The Morgan fingerprint density at radius 3 is 2.05 bits per heavy atom. The fraction of sp³-hybridized carbons (Fsp3) is 0.188. The molecule has 110 valence electrons. The van der Waals surface area contributed by atoms with Crippen LogP contribution in [0.3, 0.4) is 0 Å². The van der Waals surface area contributed by atoms with Crippen LogP contribution in [0.2, 0.25) is 10.0 Å². The van der Waals surface area contributed by atoms with Gasteiger partial charge in [0.05, 0.1) is 12.6 Å². The Balaban J connectivity index is 2.28. The summed E-state index contributed by atoms with van der Waals surface area (Å²) in [5.74, 6) is -0.0811. The average Bonchev–Trinajstić information content (AvgIpc) is 2.50. The summed E-state index contributed by atoms with van der Waals surface area (Å²) in [6.45, 7) is 0.282. The van der Waals surface area contributed by atoms with Gasteiger partial charge in [0, 0.05) is 22.2 Å². The van der Waals surface area contributed by atoms with Crippen LogP contribution in [0.4, 0.5) is 0 Å². The zero-order valence-corrected chi connectivity index (χ0v) is 12.7. The van der Waals surface area contributed by atoms with E-state index in [-0.39, 0.29) is 12.4 Å². The van der Waals surface area contributed by atoms with Crippen LogP contribution in [-0.4, -0.2) is 24.0 Å². The third-order valence-electron chi connectivity index (χ3n) is 3.05. The van der Waals surface area contributed by atoms with Crippen molar-refractivity contribution in [3.63, 3.8) is 0 Å². The minimum atomic E-state index is -0.532. The van der Waals surface area contributed by atoms with Gasteiger partial charge in [-0.2, -0.15) is 0 Å². The number of Topliss-reactive ketones (excluding diaryl/α,β-unsaturated/α-hetero) is 1. The van der Waals surface area contributed by atoms with Crippen molar-refractivity contribution >= 4 is 29.0 Å². The first-order valence-corrected chi connectivity index (χ1v) is 7.27. The molecule has 1 atom stereocenters. The number of hydrogen-bond donors (Lipinski definition) is 2. The number of aliphatic hydroxyl groups excluding tert-OH is 1. The molecule has 0 aliphatic rings. The van der Waals surface area contributed by atoms with Crippen LogP contribution in [0.5, 0.6) is 0 Å². The highest BCUT2D eigenvalue weighted by atomic mass is 35.5. The van der Waals surface area contributed by atoms with Gasteiger partial charge in [-0.3, -0.25) is 4.79 Å². The molecule has 2 aromatic carbocycles. The lowest BCUT2D eigenvalue weighted by Gasteiger charge is -2.18. The Hall–Kier alpha value is -1.39. The summed E-state index contributed by atoms with van der Waals surface area (Å²) >= 11 is 11.7. The van der Waals surface area contributed by atoms with E-state index in [4.69, 9.17) is 28.3 Å². The fourth-order valence-corrected chi connectivity index (χ4v) is 2.26. The van der Waals surface area contributed by atoms with E-state index < -0.39 is 6.04 Å². The molecule has 5 heteroatoms. The lowest BCUT2D eigenvalue weighted by molar-refractivity contribution is 0.0940. The summed E-state index contributed by atoms with van der Waals surface area (Å²) in [6, 6.07) is 13.3. The van der Waals surface area contributed by atoms with E-state index in [0.29, 0.717) is 22.2 Å². The molecule has 2 rings (SSSR count). The van der Waals surface area contributed by atoms with Gasteiger partial charge in [-0.1, -0.05) is 35.3 Å². The molecule has 0 saturated heterocycles. The molecular weight excluding hydrogens is 309 g/mol. The van der Waals surface area contributed by atoms with Crippen molar-refractivity contribution in [2.45, 2.75) is 6.04 Å². The fourth-order valence-electron chi connectivity index (χ4n) is 2.01. The highest BCUT2D eigenvalue weighted by Gasteiger charge is 2.21. The maximum Gasteiger partial charge on any atom is 0.184 e. The molecule has 0 heterocycles. The Bertz CT molecular complexity index is 597. The molecule has 0 aliphatic heterocycles. The summed E-state index contributed by atoms with van der Waals surface area (Å²) in [5.41, 5.74) is 1.36. The molecule has 0 unspecified atom stereocenters. The van der Waals surface area contributed by atoms with Gasteiger partial charge >= 0.3 is 0 Å². The van der Waals surface area contributed by atoms with Crippen molar-refractivity contribution < 1.29 is 9.90 Å². The van der Waals surface area contributed by atoms with Crippen molar-refractivity contribution in [2.24, 2.45) is 0 Å². The minimum absolute atomic E-state index is 0.0437. The van der Waals surface area contributed by atoms with Crippen LogP contribution in [0, 0.1) is 0 Å². The largest absolute Gasteiger partial charge is 0.395 e. The SMILES string of the molecule is O=C(c1ccc(Cl)cc1)[C@@H](NCCO)c1ccc(Cl)cc1. The van der Waals surface area contributed by atoms with E-state index >= 15 is 0 Å². The van der Waals surface area contributed by atoms with Gasteiger partial charge in [-0.05, 0) is 42.0 Å². The standard InChI is InChI=1S/C16H15Cl2NO2/c17-13-5-1-11(2-6-13)15(19-9-10-20)16(21)12-3-7-14(18)8-4-12/h1-8,15,19-20H,9-10H2/t15-/m0/s1. The number of aliphatic hydroxyl groups is 1. The Kier molecular flexibility index (Phi) is 5.76. The summed E-state index contributed by atoms with van der Waals surface area (Å²) in [4.78, 5) is 12.6.